The summed E-state index contributed by atoms with van der Waals surface area (Å²) in [6.45, 7) is 0. The lowest BCUT2D eigenvalue weighted by Crippen LogP contribution is -2.14. The lowest BCUT2D eigenvalue weighted by molar-refractivity contribution is 0.0698. The number of carbonyl (C=O) groups is 2. The molecule has 3 N–H and O–H groups in total. The predicted octanol–water partition coefficient (Wildman–Crippen LogP) is 4.51. The molecule has 0 aliphatic rings. The summed E-state index contributed by atoms with van der Waals surface area (Å²) in [5.41, 5.74) is 2.18. The van der Waals surface area contributed by atoms with Crippen molar-refractivity contribution in [3.63, 3.8) is 0 Å². The molecule has 0 bridgehead atoms. The molecule has 5 heteroatoms. The van der Waals surface area contributed by atoms with E-state index in [4.69, 9.17) is 0 Å². The summed E-state index contributed by atoms with van der Waals surface area (Å²) in [5, 5.41) is 21.6. The van der Waals surface area contributed by atoms with E-state index in [0.717, 1.165) is 5.56 Å². The number of carbonyl (C=O) groups excluding carboxylic acids is 1. The summed E-state index contributed by atoms with van der Waals surface area (Å²) in [5.74, 6) is -1.34. The van der Waals surface area contributed by atoms with E-state index in [1.54, 1.807) is 72.8 Å². The van der Waals surface area contributed by atoms with Gasteiger partial charge in [-0.3, -0.25) is 4.79 Å². The highest BCUT2D eigenvalue weighted by atomic mass is 16.4. The lowest BCUT2D eigenvalue weighted by atomic mass is 10.1. The van der Waals surface area contributed by atoms with Crippen LogP contribution in [0.2, 0.25) is 0 Å². The van der Waals surface area contributed by atoms with E-state index < -0.39 is 5.97 Å². The smallest absolute Gasteiger partial charge is 0.337 e. The summed E-state index contributed by atoms with van der Waals surface area (Å²) in [6.07, 6.45) is 3.57. The standard InChI is InChI=1S/C22H17NO4/c24-18-8-4-5-15(13-18)9-10-16-11-12-19(22(26)27)20(14-16)23-21(25)17-6-2-1-3-7-17/h1-14,24H,(H,23,25)(H,26,27). The van der Waals surface area contributed by atoms with Crippen LogP contribution in [-0.4, -0.2) is 22.1 Å². The number of benzene rings is 3. The van der Waals surface area contributed by atoms with E-state index in [1.165, 1.54) is 6.07 Å². The molecule has 0 unspecified atom stereocenters. The zero-order valence-electron chi connectivity index (χ0n) is 14.3. The van der Waals surface area contributed by atoms with E-state index in [1.807, 2.05) is 6.07 Å². The van der Waals surface area contributed by atoms with Crippen LogP contribution in [0.15, 0.2) is 72.8 Å². The van der Waals surface area contributed by atoms with Gasteiger partial charge < -0.3 is 15.5 Å². The number of amides is 1. The molecule has 27 heavy (non-hydrogen) atoms. The van der Waals surface area contributed by atoms with E-state index >= 15 is 0 Å². The third kappa shape index (κ3) is 4.61. The number of hydrogen-bond acceptors (Lipinski definition) is 3. The number of anilines is 1. The molecule has 0 aliphatic carbocycles. The third-order valence-electron chi connectivity index (χ3n) is 3.90. The van der Waals surface area contributed by atoms with Crippen LogP contribution < -0.4 is 5.32 Å². The van der Waals surface area contributed by atoms with Crippen LogP contribution in [0, 0.1) is 0 Å². The van der Waals surface area contributed by atoms with Gasteiger partial charge in [-0.2, -0.15) is 0 Å². The van der Waals surface area contributed by atoms with Crippen molar-refractivity contribution in [1.82, 2.24) is 0 Å². The maximum absolute atomic E-state index is 12.4. The van der Waals surface area contributed by atoms with Crippen LogP contribution in [0.3, 0.4) is 0 Å². The molecule has 0 aliphatic heterocycles. The normalized spacial score (nSPS) is 10.7. The first-order valence-electron chi connectivity index (χ1n) is 8.24. The Morgan fingerprint density at radius 3 is 2.19 bits per heavy atom. The van der Waals surface area contributed by atoms with Gasteiger partial charge in [-0.05, 0) is 47.5 Å². The number of carboxylic acids is 1. The van der Waals surface area contributed by atoms with Crippen molar-refractivity contribution in [3.05, 3.63) is 95.1 Å². The van der Waals surface area contributed by atoms with Gasteiger partial charge in [-0.25, -0.2) is 4.79 Å². The Morgan fingerprint density at radius 2 is 1.52 bits per heavy atom. The summed E-state index contributed by atoms with van der Waals surface area (Å²) >= 11 is 0. The third-order valence-corrected chi connectivity index (χ3v) is 3.90. The van der Waals surface area contributed by atoms with Crippen molar-refractivity contribution >= 4 is 29.7 Å². The number of rotatable bonds is 5. The van der Waals surface area contributed by atoms with Crippen LogP contribution in [0.25, 0.3) is 12.2 Å². The minimum atomic E-state index is -1.12. The highest BCUT2D eigenvalue weighted by molar-refractivity contribution is 6.08. The number of phenolic OH excluding ortho intramolecular Hbond substituents is 1. The molecule has 0 fully saturated rings. The molecular formula is C22H17NO4. The Bertz CT molecular complexity index is 1010. The number of aromatic carboxylic acids is 1. The van der Waals surface area contributed by atoms with Crippen LogP contribution in [-0.2, 0) is 0 Å². The summed E-state index contributed by atoms with van der Waals surface area (Å²) in [7, 11) is 0. The zero-order chi connectivity index (χ0) is 19.2. The fourth-order valence-corrected chi connectivity index (χ4v) is 2.56. The predicted molar refractivity (Wildman–Crippen MR) is 105 cm³/mol. The second-order valence-electron chi connectivity index (χ2n) is 5.86. The first-order chi connectivity index (χ1) is 13.0. The molecule has 0 aromatic heterocycles. The Kier molecular flexibility index (Phi) is 5.33. The maximum Gasteiger partial charge on any atom is 0.337 e. The van der Waals surface area contributed by atoms with Crippen LogP contribution in [0.4, 0.5) is 5.69 Å². The molecule has 5 nitrogen and oxygen atoms in total. The molecule has 0 saturated carbocycles. The van der Waals surface area contributed by atoms with Crippen LogP contribution >= 0.6 is 0 Å². The molecule has 0 saturated heterocycles. The molecule has 3 aromatic rings. The highest BCUT2D eigenvalue weighted by Crippen LogP contribution is 2.21. The minimum absolute atomic E-state index is 0.00814. The SMILES string of the molecule is O=C(Nc1cc(C=Cc2cccc(O)c2)ccc1C(=O)O)c1ccccc1. The van der Waals surface area contributed by atoms with Gasteiger partial charge >= 0.3 is 5.97 Å². The average Bonchev–Trinajstić information content (AvgIpc) is 2.67. The van der Waals surface area contributed by atoms with Gasteiger partial charge in [0.2, 0.25) is 0 Å². The fourth-order valence-electron chi connectivity index (χ4n) is 2.56. The Balaban J connectivity index is 1.88. The average molecular weight is 359 g/mol. The molecule has 3 rings (SSSR count). The van der Waals surface area contributed by atoms with Gasteiger partial charge in [0, 0.05) is 5.56 Å². The van der Waals surface area contributed by atoms with E-state index in [9.17, 15) is 19.8 Å². The second kappa shape index (κ2) is 8.01. The van der Waals surface area contributed by atoms with Crippen molar-refractivity contribution in [1.29, 1.82) is 0 Å². The number of phenols is 1. The molecule has 0 heterocycles. The van der Waals surface area contributed by atoms with Crippen LogP contribution in [0.1, 0.15) is 31.8 Å². The Labute approximate surface area is 156 Å². The monoisotopic (exact) mass is 359 g/mol. The molecule has 0 radical (unpaired) electrons. The van der Waals surface area contributed by atoms with Gasteiger partial charge in [-0.15, -0.1) is 0 Å². The van der Waals surface area contributed by atoms with Gasteiger partial charge in [0.25, 0.3) is 5.91 Å². The topological polar surface area (TPSA) is 86.6 Å². The molecular weight excluding hydrogens is 342 g/mol. The Hall–Kier alpha value is -3.86. The van der Waals surface area contributed by atoms with Crippen molar-refractivity contribution in [2.75, 3.05) is 5.32 Å². The number of aromatic hydroxyl groups is 1. The summed E-state index contributed by atoms with van der Waals surface area (Å²) in [4.78, 5) is 23.8. The second-order valence-corrected chi connectivity index (χ2v) is 5.86. The van der Waals surface area contributed by atoms with Crippen molar-refractivity contribution in [2.24, 2.45) is 0 Å². The van der Waals surface area contributed by atoms with Crippen LogP contribution in [0.5, 0.6) is 5.75 Å². The highest BCUT2D eigenvalue weighted by Gasteiger charge is 2.13. The van der Waals surface area contributed by atoms with Gasteiger partial charge in [0.15, 0.2) is 0 Å². The zero-order valence-corrected chi connectivity index (χ0v) is 14.3. The molecule has 1 amide bonds. The number of carboxylic acid groups (broad SMARTS) is 1. The number of nitrogens with one attached hydrogen (secondary N) is 1. The Morgan fingerprint density at radius 1 is 0.815 bits per heavy atom. The van der Waals surface area contributed by atoms with Gasteiger partial charge in [0.05, 0.1) is 11.3 Å². The fraction of sp³-hybridized carbons (Fsp3) is 0. The van der Waals surface area contributed by atoms with E-state index in [2.05, 4.69) is 5.32 Å². The summed E-state index contributed by atoms with van der Waals surface area (Å²) in [6, 6.07) is 20.0. The largest absolute Gasteiger partial charge is 0.508 e. The lowest BCUT2D eigenvalue weighted by Gasteiger charge is -2.10. The first-order valence-corrected chi connectivity index (χ1v) is 8.24. The van der Waals surface area contributed by atoms with Crippen molar-refractivity contribution in [2.45, 2.75) is 0 Å². The molecule has 0 atom stereocenters. The number of hydrogen-bond donors (Lipinski definition) is 3. The molecule has 134 valence electrons. The molecule has 3 aromatic carbocycles. The van der Waals surface area contributed by atoms with Gasteiger partial charge in [-0.1, -0.05) is 48.6 Å². The summed E-state index contributed by atoms with van der Waals surface area (Å²) < 4.78 is 0. The first kappa shape index (κ1) is 17.9. The van der Waals surface area contributed by atoms with E-state index in [-0.39, 0.29) is 22.9 Å². The molecule has 0 spiro atoms. The van der Waals surface area contributed by atoms with E-state index in [0.29, 0.717) is 11.1 Å². The minimum Gasteiger partial charge on any atom is -0.508 e. The van der Waals surface area contributed by atoms with Crippen molar-refractivity contribution < 1.29 is 19.8 Å². The van der Waals surface area contributed by atoms with Gasteiger partial charge in [0.1, 0.15) is 5.75 Å². The maximum atomic E-state index is 12.4. The van der Waals surface area contributed by atoms with Crippen molar-refractivity contribution in [3.8, 4) is 5.75 Å². The quantitative estimate of drug-likeness (QED) is 0.585.